The van der Waals surface area contributed by atoms with Crippen LogP contribution in [0.1, 0.15) is 50.2 Å². The van der Waals surface area contributed by atoms with Crippen LogP contribution >= 0.6 is 0 Å². The first-order valence-electron chi connectivity index (χ1n) is 14.1. The van der Waals surface area contributed by atoms with E-state index in [1.807, 2.05) is 19.0 Å². The molecule has 42 heavy (non-hydrogen) atoms. The summed E-state index contributed by atoms with van der Waals surface area (Å²) in [6, 6.07) is 9.16. The first kappa shape index (κ1) is 33.8. The first-order chi connectivity index (χ1) is 20.3. The number of likely N-dealkylation sites (N-methyl/N-ethyl adjacent to an activating group) is 1. The van der Waals surface area contributed by atoms with Crippen LogP contribution in [-0.2, 0) is 14.3 Å². The van der Waals surface area contributed by atoms with Gasteiger partial charge in [0.05, 0.1) is 29.5 Å². The van der Waals surface area contributed by atoms with Gasteiger partial charge in [0.2, 0.25) is 17.8 Å². The molecular weight excluding hydrogens is 532 g/mol. The van der Waals surface area contributed by atoms with E-state index >= 15 is 0 Å². The average Bonchev–Trinajstić information content (AvgIpc) is 2.98. The van der Waals surface area contributed by atoms with Gasteiger partial charge in [0.25, 0.3) is 0 Å². The summed E-state index contributed by atoms with van der Waals surface area (Å²) in [5.74, 6) is 7.11. The molecule has 0 saturated carbocycles. The molecule has 2 amide bonds. The molecule has 1 atom stereocenters. The Bertz CT molecular complexity index is 1260. The van der Waals surface area contributed by atoms with Crippen LogP contribution in [0.3, 0.4) is 0 Å². The Morgan fingerprint density at radius 1 is 1.17 bits per heavy atom. The number of hydrogen-bond donors (Lipinski definition) is 4. The van der Waals surface area contributed by atoms with Gasteiger partial charge in [-0.15, -0.1) is 0 Å². The molecule has 0 bridgehead atoms. The van der Waals surface area contributed by atoms with Crippen molar-refractivity contribution >= 4 is 29.3 Å². The van der Waals surface area contributed by atoms with Crippen molar-refractivity contribution in [3.05, 3.63) is 53.7 Å². The third kappa shape index (κ3) is 13.8. The zero-order valence-corrected chi connectivity index (χ0v) is 25.0. The van der Waals surface area contributed by atoms with Crippen LogP contribution in [-0.4, -0.2) is 80.2 Å². The molecule has 4 N–H and O–H groups in total. The van der Waals surface area contributed by atoms with Crippen LogP contribution < -0.4 is 21.3 Å². The summed E-state index contributed by atoms with van der Waals surface area (Å²) in [7, 11) is 5.43. The number of carbonyl (C=O) groups excluding carboxylic acids is 2. The first-order valence-corrected chi connectivity index (χ1v) is 14.1. The van der Waals surface area contributed by atoms with E-state index in [0.29, 0.717) is 68.2 Å². The molecular formula is C31H42N8O3. The lowest BCUT2D eigenvalue weighted by molar-refractivity contribution is -0.121. The Morgan fingerprint density at radius 3 is 2.64 bits per heavy atom. The van der Waals surface area contributed by atoms with Crippen molar-refractivity contribution in [1.82, 2.24) is 25.5 Å². The zero-order chi connectivity index (χ0) is 30.6. The van der Waals surface area contributed by atoms with Gasteiger partial charge in [0, 0.05) is 57.9 Å². The Balaban J connectivity index is 1.76. The van der Waals surface area contributed by atoms with Gasteiger partial charge in [-0.3, -0.25) is 9.59 Å². The van der Waals surface area contributed by atoms with Gasteiger partial charge in [-0.2, -0.15) is 10.2 Å². The monoisotopic (exact) mass is 574 g/mol. The largest absolute Gasteiger partial charge is 0.380 e. The van der Waals surface area contributed by atoms with Gasteiger partial charge >= 0.3 is 0 Å². The Labute approximate surface area is 249 Å². The van der Waals surface area contributed by atoms with E-state index in [9.17, 15) is 9.59 Å². The van der Waals surface area contributed by atoms with Crippen molar-refractivity contribution < 1.29 is 14.3 Å². The van der Waals surface area contributed by atoms with Crippen molar-refractivity contribution in [3.8, 4) is 17.9 Å². The molecule has 11 heteroatoms. The molecule has 0 spiro atoms. The number of ether oxygens (including phenoxy) is 1. The highest BCUT2D eigenvalue weighted by Crippen LogP contribution is 2.18. The Kier molecular flexibility index (Phi) is 15.7. The molecule has 0 unspecified atom stereocenters. The molecule has 1 aromatic heterocycles. The highest BCUT2D eigenvalue weighted by atomic mass is 16.5. The number of nitrogens with zero attached hydrogens (tertiary/aromatic N) is 4. The number of aromatic nitrogens is 2. The fourth-order valence-electron chi connectivity index (χ4n) is 3.56. The molecule has 224 valence electrons. The number of benzene rings is 1. The van der Waals surface area contributed by atoms with Crippen molar-refractivity contribution in [3.63, 3.8) is 0 Å². The fourth-order valence-corrected chi connectivity index (χ4v) is 3.56. The van der Waals surface area contributed by atoms with E-state index in [4.69, 9.17) is 10.00 Å². The molecule has 0 fully saturated rings. The number of anilines is 3. The molecule has 0 radical (unpaired) electrons. The second kappa shape index (κ2) is 19.6. The number of nitrogens with one attached hydrogen (secondary N) is 4. The lowest BCUT2D eigenvalue weighted by Crippen LogP contribution is -2.33. The smallest absolute Gasteiger partial charge is 0.243 e. The molecule has 1 heterocycles. The topological polar surface area (TPSA) is 144 Å². The van der Waals surface area contributed by atoms with Crippen LogP contribution in [0, 0.1) is 23.2 Å². The van der Waals surface area contributed by atoms with Crippen LogP contribution in [0.5, 0.6) is 0 Å². The van der Waals surface area contributed by atoms with Crippen molar-refractivity contribution in [1.29, 1.82) is 5.26 Å². The van der Waals surface area contributed by atoms with E-state index in [1.165, 1.54) is 6.08 Å². The van der Waals surface area contributed by atoms with Crippen molar-refractivity contribution in [2.24, 2.45) is 0 Å². The van der Waals surface area contributed by atoms with Crippen LogP contribution in [0.25, 0.3) is 0 Å². The quantitative estimate of drug-likeness (QED) is 0.127. The maximum absolute atomic E-state index is 12.3. The van der Waals surface area contributed by atoms with Crippen LogP contribution in [0.2, 0.25) is 0 Å². The minimum atomic E-state index is -0.240. The minimum absolute atomic E-state index is 0.0629. The minimum Gasteiger partial charge on any atom is -0.380 e. The second-order valence-corrected chi connectivity index (χ2v) is 9.76. The lowest BCUT2D eigenvalue weighted by Gasteiger charge is -2.15. The van der Waals surface area contributed by atoms with Gasteiger partial charge in [0.15, 0.2) is 0 Å². The standard InChI is InChI=1S/C31H42N8O3/c1-5-18-34-30-25(22-36-31(38-30)37-26-14-12-24(21-32)13-15-26)10-7-6-8-19-33-29(41)17-16-27(42-4)23-35-28(40)11-9-20-39(2)3/h9,11-15,22,27H,5-6,8,16-20,23H2,1-4H3,(H,33,41)(H,35,40)(H2,34,36,37,38)/b11-9+/t27-/m1/s1. The SMILES string of the molecule is CCCNc1nc(Nc2ccc(C#N)cc2)ncc1C#CCCCNC(=O)CC[C@H](CNC(=O)/C=C/CN(C)C)OC. The maximum Gasteiger partial charge on any atom is 0.243 e. The summed E-state index contributed by atoms with van der Waals surface area (Å²) in [4.78, 5) is 35.0. The van der Waals surface area contributed by atoms with E-state index in [1.54, 1.807) is 43.6 Å². The van der Waals surface area contributed by atoms with Crippen LogP contribution in [0.4, 0.5) is 17.5 Å². The summed E-state index contributed by atoms with van der Waals surface area (Å²) in [6.07, 6.45) is 7.80. The molecule has 2 rings (SSSR count). The van der Waals surface area contributed by atoms with E-state index < -0.39 is 0 Å². The van der Waals surface area contributed by atoms with Gasteiger partial charge < -0.3 is 30.9 Å². The van der Waals surface area contributed by atoms with Gasteiger partial charge in [-0.05, 0) is 57.6 Å². The summed E-state index contributed by atoms with van der Waals surface area (Å²) in [5.41, 5.74) is 2.06. The molecule has 0 saturated heterocycles. The number of unbranched alkanes of at least 4 members (excludes halogenated alkanes) is 1. The normalized spacial score (nSPS) is 11.3. The van der Waals surface area contributed by atoms with Crippen LogP contribution in [0.15, 0.2) is 42.6 Å². The Morgan fingerprint density at radius 2 is 1.95 bits per heavy atom. The van der Waals surface area contributed by atoms with Gasteiger partial charge in [-0.25, -0.2) is 4.98 Å². The number of nitriles is 1. The third-order valence-electron chi connectivity index (χ3n) is 5.90. The van der Waals surface area contributed by atoms with E-state index in [2.05, 4.69) is 56.1 Å². The summed E-state index contributed by atoms with van der Waals surface area (Å²) >= 11 is 0. The number of amides is 2. The number of carbonyl (C=O) groups is 2. The molecule has 1 aromatic carbocycles. The highest BCUT2D eigenvalue weighted by molar-refractivity contribution is 5.87. The second-order valence-electron chi connectivity index (χ2n) is 9.76. The van der Waals surface area contributed by atoms with E-state index in [0.717, 1.165) is 18.7 Å². The Hall–Kier alpha value is -4.45. The van der Waals surface area contributed by atoms with Gasteiger partial charge in [0.1, 0.15) is 5.82 Å². The van der Waals surface area contributed by atoms with Crippen molar-refractivity contribution in [2.75, 3.05) is 58.0 Å². The number of rotatable bonds is 17. The summed E-state index contributed by atoms with van der Waals surface area (Å²) in [6.45, 7) is 4.37. The molecule has 0 aliphatic carbocycles. The molecule has 2 aromatic rings. The van der Waals surface area contributed by atoms with E-state index in [-0.39, 0.29) is 17.9 Å². The highest BCUT2D eigenvalue weighted by Gasteiger charge is 2.11. The maximum atomic E-state index is 12.3. The number of methoxy groups -OCH3 is 1. The average molecular weight is 575 g/mol. The van der Waals surface area contributed by atoms with Crippen molar-refractivity contribution in [2.45, 2.75) is 45.1 Å². The molecule has 0 aliphatic heterocycles. The summed E-state index contributed by atoms with van der Waals surface area (Å²) < 4.78 is 5.40. The molecule has 0 aliphatic rings. The lowest BCUT2D eigenvalue weighted by atomic mass is 10.2. The summed E-state index contributed by atoms with van der Waals surface area (Å²) in [5, 5.41) is 21.1. The molecule has 11 nitrogen and oxygen atoms in total. The predicted octanol–water partition coefficient (Wildman–Crippen LogP) is 3.19. The number of hydrogen-bond acceptors (Lipinski definition) is 9. The fraction of sp³-hybridized carbons (Fsp3) is 0.452. The third-order valence-corrected chi connectivity index (χ3v) is 5.90. The zero-order valence-electron chi connectivity index (χ0n) is 25.0. The van der Waals surface area contributed by atoms with Gasteiger partial charge in [-0.1, -0.05) is 24.8 Å². The predicted molar refractivity (Wildman–Crippen MR) is 165 cm³/mol.